The summed E-state index contributed by atoms with van der Waals surface area (Å²) in [6.07, 6.45) is 5.96. The summed E-state index contributed by atoms with van der Waals surface area (Å²) in [5.74, 6) is -0.808. The van der Waals surface area contributed by atoms with Crippen molar-refractivity contribution < 1.29 is 14.4 Å². The van der Waals surface area contributed by atoms with Gasteiger partial charge in [-0.05, 0) is 31.9 Å². The predicted octanol–water partition coefficient (Wildman–Crippen LogP) is 1.24. The standard InChI is InChI=1S/C12H12O3/c1-8-4-5-12(7-13)9(6-8)10(14)2-3-11(12)15/h2-4,7,9H,5-6H2,1H3. The number of hydrogen-bond acceptors (Lipinski definition) is 3. The lowest BCUT2D eigenvalue weighted by atomic mass is 9.62. The van der Waals surface area contributed by atoms with E-state index in [1.807, 2.05) is 13.0 Å². The van der Waals surface area contributed by atoms with Crippen LogP contribution in [0, 0.1) is 11.3 Å². The van der Waals surface area contributed by atoms with E-state index in [1.165, 1.54) is 12.2 Å². The van der Waals surface area contributed by atoms with Crippen molar-refractivity contribution in [2.45, 2.75) is 19.8 Å². The van der Waals surface area contributed by atoms with E-state index in [4.69, 9.17) is 0 Å². The molecule has 2 aliphatic rings. The van der Waals surface area contributed by atoms with Gasteiger partial charge in [0.2, 0.25) is 0 Å². The Labute approximate surface area is 87.8 Å². The first-order chi connectivity index (χ1) is 7.10. The van der Waals surface area contributed by atoms with Crippen LogP contribution >= 0.6 is 0 Å². The second-order valence-electron chi connectivity index (χ2n) is 4.27. The molecule has 0 aromatic heterocycles. The van der Waals surface area contributed by atoms with Gasteiger partial charge in [-0.15, -0.1) is 0 Å². The van der Waals surface area contributed by atoms with Crippen molar-refractivity contribution in [1.29, 1.82) is 0 Å². The van der Waals surface area contributed by atoms with Crippen LogP contribution < -0.4 is 0 Å². The van der Waals surface area contributed by atoms with Gasteiger partial charge in [-0.1, -0.05) is 11.6 Å². The molecule has 0 radical (unpaired) electrons. The van der Waals surface area contributed by atoms with Crippen LogP contribution in [0.25, 0.3) is 0 Å². The van der Waals surface area contributed by atoms with E-state index < -0.39 is 11.3 Å². The van der Waals surface area contributed by atoms with Crippen LogP contribution in [0.1, 0.15) is 19.8 Å². The molecule has 0 heterocycles. The zero-order chi connectivity index (χ0) is 11.1. The van der Waals surface area contributed by atoms with E-state index in [9.17, 15) is 14.4 Å². The van der Waals surface area contributed by atoms with Crippen LogP contribution in [0.15, 0.2) is 23.8 Å². The van der Waals surface area contributed by atoms with Crippen LogP contribution in [0.5, 0.6) is 0 Å². The Morgan fingerprint density at radius 2 is 2.13 bits per heavy atom. The molecule has 2 atom stereocenters. The van der Waals surface area contributed by atoms with Crippen molar-refractivity contribution in [3.8, 4) is 0 Å². The van der Waals surface area contributed by atoms with Gasteiger partial charge in [0.25, 0.3) is 0 Å². The van der Waals surface area contributed by atoms with E-state index >= 15 is 0 Å². The quantitative estimate of drug-likeness (QED) is 0.367. The molecule has 0 amide bonds. The Hall–Kier alpha value is -1.51. The topological polar surface area (TPSA) is 51.2 Å². The molecule has 0 aromatic carbocycles. The number of fused-ring (bicyclic) bond motifs is 1. The first kappa shape index (κ1) is 10.0. The molecule has 78 valence electrons. The molecule has 3 heteroatoms. The van der Waals surface area contributed by atoms with Gasteiger partial charge in [0, 0.05) is 5.92 Å². The SMILES string of the molecule is CC1=CCC2(C=O)C(=O)C=CC(=O)C2C1. The molecule has 0 saturated carbocycles. The van der Waals surface area contributed by atoms with Crippen molar-refractivity contribution in [2.24, 2.45) is 11.3 Å². The number of rotatable bonds is 1. The average Bonchev–Trinajstić information content (AvgIpc) is 2.24. The minimum absolute atomic E-state index is 0.103. The first-order valence-corrected chi connectivity index (χ1v) is 4.98. The molecule has 2 aliphatic carbocycles. The van der Waals surface area contributed by atoms with Gasteiger partial charge in [-0.3, -0.25) is 9.59 Å². The van der Waals surface area contributed by atoms with Crippen molar-refractivity contribution in [1.82, 2.24) is 0 Å². The molecule has 15 heavy (non-hydrogen) atoms. The molecule has 0 spiro atoms. The Balaban J connectivity index is 2.52. The number of aldehydes is 1. The fourth-order valence-electron chi connectivity index (χ4n) is 2.32. The third kappa shape index (κ3) is 1.30. The van der Waals surface area contributed by atoms with E-state index in [0.717, 1.165) is 5.57 Å². The zero-order valence-electron chi connectivity index (χ0n) is 8.53. The molecule has 2 rings (SSSR count). The maximum absolute atomic E-state index is 11.7. The largest absolute Gasteiger partial charge is 0.302 e. The van der Waals surface area contributed by atoms with Gasteiger partial charge in [-0.25, -0.2) is 0 Å². The maximum Gasteiger partial charge on any atom is 0.170 e. The van der Waals surface area contributed by atoms with Gasteiger partial charge in [0.15, 0.2) is 11.6 Å². The third-order valence-electron chi connectivity index (χ3n) is 3.35. The lowest BCUT2D eigenvalue weighted by molar-refractivity contribution is -0.142. The molecule has 0 aromatic rings. The van der Waals surface area contributed by atoms with Gasteiger partial charge in [0.1, 0.15) is 11.7 Å². The van der Waals surface area contributed by atoms with E-state index in [0.29, 0.717) is 19.1 Å². The Morgan fingerprint density at radius 3 is 2.80 bits per heavy atom. The average molecular weight is 204 g/mol. The zero-order valence-corrected chi connectivity index (χ0v) is 8.53. The summed E-state index contributed by atoms with van der Waals surface area (Å²) in [5.41, 5.74) is -0.0281. The van der Waals surface area contributed by atoms with Crippen LogP contribution in [-0.2, 0) is 14.4 Å². The first-order valence-electron chi connectivity index (χ1n) is 4.98. The monoisotopic (exact) mass is 204 g/mol. The van der Waals surface area contributed by atoms with Crippen molar-refractivity contribution in [2.75, 3.05) is 0 Å². The lowest BCUT2D eigenvalue weighted by Gasteiger charge is -2.37. The Morgan fingerprint density at radius 1 is 1.40 bits per heavy atom. The van der Waals surface area contributed by atoms with Gasteiger partial charge >= 0.3 is 0 Å². The predicted molar refractivity (Wildman–Crippen MR) is 54.1 cm³/mol. The van der Waals surface area contributed by atoms with Gasteiger partial charge in [-0.2, -0.15) is 0 Å². The van der Waals surface area contributed by atoms with E-state index in [-0.39, 0.29) is 11.6 Å². The highest BCUT2D eigenvalue weighted by atomic mass is 16.2. The van der Waals surface area contributed by atoms with Crippen molar-refractivity contribution >= 4 is 17.9 Å². The molecular formula is C12H12O3. The van der Waals surface area contributed by atoms with Crippen LogP contribution in [0.3, 0.4) is 0 Å². The number of carbonyl (C=O) groups excluding carboxylic acids is 3. The summed E-state index contributed by atoms with van der Waals surface area (Å²) in [7, 11) is 0. The molecule has 0 N–H and O–H groups in total. The normalized spacial score (nSPS) is 34.7. The molecule has 0 fully saturated rings. The number of carbonyl (C=O) groups is 3. The number of allylic oxidation sites excluding steroid dienone is 4. The molecule has 0 bridgehead atoms. The fraction of sp³-hybridized carbons (Fsp3) is 0.417. The summed E-state index contributed by atoms with van der Waals surface area (Å²) < 4.78 is 0. The van der Waals surface area contributed by atoms with Crippen LogP contribution in [0.2, 0.25) is 0 Å². The third-order valence-corrected chi connectivity index (χ3v) is 3.35. The molecule has 0 aliphatic heterocycles. The molecule has 2 unspecified atom stereocenters. The summed E-state index contributed by atoms with van der Waals surface area (Å²) in [5, 5.41) is 0. The second-order valence-corrected chi connectivity index (χ2v) is 4.27. The second kappa shape index (κ2) is 3.26. The van der Waals surface area contributed by atoms with E-state index in [2.05, 4.69) is 0 Å². The van der Waals surface area contributed by atoms with Crippen molar-refractivity contribution in [3.05, 3.63) is 23.8 Å². The van der Waals surface area contributed by atoms with E-state index in [1.54, 1.807) is 0 Å². The molecular weight excluding hydrogens is 192 g/mol. The smallest absolute Gasteiger partial charge is 0.170 e. The summed E-state index contributed by atoms with van der Waals surface area (Å²) in [4.78, 5) is 34.5. The minimum atomic E-state index is -1.11. The highest BCUT2D eigenvalue weighted by molar-refractivity contribution is 6.16. The number of ketones is 2. The summed E-state index contributed by atoms with van der Waals surface area (Å²) in [6, 6.07) is 0. The summed E-state index contributed by atoms with van der Waals surface area (Å²) in [6.45, 7) is 1.92. The Bertz CT molecular complexity index is 403. The molecule has 0 saturated heterocycles. The lowest BCUT2D eigenvalue weighted by Crippen LogP contribution is -2.46. The minimum Gasteiger partial charge on any atom is -0.302 e. The van der Waals surface area contributed by atoms with Crippen molar-refractivity contribution in [3.63, 3.8) is 0 Å². The molecule has 3 nitrogen and oxygen atoms in total. The number of hydrogen-bond donors (Lipinski definition) is 0. The highest BCUT2D eigenvalue weighted by Crippen LogP contribution is 2.42. The maximum atomic E-state index is 11.7. The van der Waals surface area contributed by atoms with Crippen LogP contribution in [-0.4, -0.2) is 17.9 Å². The van der Waals surface area contributed by atoms with Gasteiger partial charge in [0.05, 0.1) is 0 Å². The fourth-order valence-corrected chi connectivity index (χ4v) is 2.32. The Kier molecular flexibility index (Phi) is 2.18. The van der Waals surface area contributed by atoms with Crippen LogP contribution in [0.4, 0.5) is 0 Å². The highest BCUT2D eigenvalue weighted by Gasteiger charge is 2.50. The summed E-state index contributed by atoms with van der Waals surface area (Å²) >= 11 is 0. The van der Waals surface area contributed by atoms with Gasteiger partial charge < -0.3 is 4.79 Å².